The van der Waals surface area contributed by atoms with Gasteiger partial charge in [0.15, 0.2) is 0 Å². The molecule has 0 saturated heterocycles. The minimum absolute atomic E-state index is 0.156. The second-order valence-corrected chi connectivity index (χ2v) is 4.70. The third kappa shape index (κ3) is 3.29. The van der Waals surface area contributed by atoms with E-state index < -0.39 is 0 Å². The maximum Gasteiger partial charge on any atom is 0.0610 e. The lowest BCUT2D eigenvalue weighted by Crippen LogP contribution is -2.43. The molecule has 3 nitrogen and oxygen atoms in total. The van der Waals surface area contributed by atoms with Crippen LogP contribution in [0.4, 0.5) is 0 Å². The fourth-order valence-electron chi connectivity index (χ4n) is 1.31. The first-order valence-corrected chi connectivity index (χ1v) is 5.18. The molecule has 0 atom stereocenters. The SMILES string of the molecule is Cc1cncc(CN(C)C(C)(C)CO)c1. The van der Waals surface area contributed by atoms with E-state index >= 15 is 0 Å². The Morgan fingerprint density at radius 3 is 2.60 bits per heavy atom. The lowest BCUT2D eigenvalue weighted by Gasteiger charge is -2.33. The molecular formula is C12H20N2O. The Kier molecular flexibility index (Phi) is 3.83. The Labute approximate surface area is 91.8 Å². The molecule has 0 unspecified atom stereocenters. The second kappa shape index (κ2) is 4.73. The summed E-state index contributed by atoms with van der Waals surface area (Å²) >= 11 is 0. The first kappa shape index (κ1) is 12.1. The van der Waals surface area contributed by atoms with Gasteiger partial charge in [-0.25, -0.2) is 0 Å². The van der Waals surface area contributed by atoms with Crippen molar-refractivity contribution >= 4 is 0 Å². The third-order valence-corrected chi connectivity index (χ3v) is 2.77. The zero-order valence-electron chi connectivity index (χ0n) is 9.99. The highest BCUT2D eigenvalue weighted by Gasteiger charge is 2.22. The molecule has 0 saturated carbocycles. The summed E-state index contributed by atoms with van der Waals surface area (Å²) in [6.07, 6.45) is 3.72. The molecular weight excluding hydrogens is 188 g/mol. The molecule has 15 heavy (non-hydrogen) atoms. The standard InChI is InChI=1S/C12H20N2O/c1-10-5-11(7-13-6-10)8-14(4)12(2,3)9-15/h5-7,15H,8-9H2,1-4H3. The Hall–Kier alpha value is -0.930. The summed E-state index contributed by atoms with van der Waals surface area (Å²) in [6, 6.07) is 2.12. The van der Waals surface area contributed by atoms with Gasteiger partial charge in [0, 0.05) is 24.5 Å². The third-order valence-electron chi connectivity index (χ3n) is 2.77. The molecule has 0 aromatic carbocycles. The summed E-state index contributed by atoms with van der Waals surface area (Å²) in [5.74, 6) is 0. The lowest BCUT2D eigenvalue weighted by atomic mass is 10.0. The van der Waals surface area contributed by atoms with Gasteiger partial charge in [0.25, 0.3) is 0 Å². The van der Waals surface area contributed by atoms with Crippen molar-refractivity contribution in [2.24, 2.45) is 0 Å². The Morgan fingerprint density at radius 2 is 2.07 bits per heavy atom. The van der Waals surface area contributed by atoms with Crippen molar-refractivity contribution in [3.05, 3.63) is 29.6 Å². The van der Waals surface area contributed by atoms with Gasteiger partial charge in [0.2, 0.25) is 0 Å². The normalized spacial score (nSPS) is 12.1. The van der Waals surface area contributed by atoms with E-state index in [9.17, 15) is 5.11 Å². The van der Waals surface area contributed by atoms with Crippen molar-refractivity contribution in [1.29, 1.82) is 0 Å². The highest BCUT2D eigenvalue weighted by Crippen LogP contribution is 2.14. The molecule has 0 radical (unpaired) electrons. The quantitative estimate of drug-likeness (QED) is 0.816. The molecule has 0 aliphatic rings. The predicted octanol–water partition coefficient (Wildman–Crippen LogP) is 1.59. The molecule has 84 valence electrons. The summed E-state index contributed by atoms with van der Waals surface area (Å²) in [6.45, 7) is 7.05. The van der Waals surface area contributed by atoms with Crippen molar-refractivity contribution in [1.82, 2.24) is 9.88 Å². The van der Waals surface area contributed by atoms with E-state index in [0.717, 1.165) is 6.54 Å². The number of likely N-dealkylation sites (N-methyl/N-ethyl adjacent to an activating group) is 1. The molecule has 0 spiro atoms. The van der Waals surface area contributed by atoms with Gasteiger partial charge in [-0.2, -0.15) is 0 Å². The Balaban J connectivity index is 2.70. The number of nitrogens with zero attached hydrogens (tertiary/aromatic N) is 2. The minimum Gasteiger partial charge on any atom is -0.394 e. The van der Waals surface area contributed by atoms with Crippen LogP contribution in [0.1, 0.15) is 25.0 Å². The van der Waals surface area contributed by atoms with E-state index in [1.54, 1.807) is 0 Å². The summed E-state index contributed by atoms with van der Waals surface area (Å²) in [5, 5.41) is 9.24. The molecule has 1 aromatic heterocycles. The molecule has 0 fully saturated rings. The molecule has 0 aliphatic carbocycles. The number of rotatable bonds is 4. The molecule has 0 aliphatic heterocycles. The number of aromatic nitrogens is 1. The Bertz CT molecular complexity index is 323. The van der Waals surface area contributed by atoms with Gasteiger partial charge in [-0.3, -0.25) is 9.88 Å². The van der Waals surface area contributed by atoms with Gasteiger partial charge in [-0.15, -0.1) is 0 Å². The Morgan fingerprint density at radius 1 is 1.40 bits per heavy atom. The van der Waals surface area contributed by atoms with Crippen LogP contribution in [0.5, 0.6) is 0 Å². The number of hydrogen-bond acceptors (Lipinski definition) is 3. The minimum atomic E-state index is -0.191. The fraction of sp³-hybridized carbons (Fsp3) is 0.583. The number of hydrogen-bond donors (Lipinski definition) is 1. The summed E-state index contributed by atoms with van der Waals surface area (Å²) in [4.78, 5) is 6.28. The molecule has 0 amide bonds. The largest absolute Gasteiger partial charge is 0.394 e. The van der Waals surface area contributed by atoms with Crippen molar-refractivity contribution in [2.75, 3.05) is 13.7 Å². The number of aliphatic hydroxyl groups is 1. The van der Waals surface area contributed by atoms with Crippen molar-refractivity contribution in [2.45, 2.75) is 32.9 Å². The van der Waals surface area contributed by atoms with E-state index in [0.29, 0.717) is 0 Å². The van der Waals surface area contributed by atoms with Crippen molar-refractivity contribution in [3.63, 3.8) is 0 Å². The van der Waals surface area contributed by atoms with Gasteiger partial charge in [-0.1, -0.05) is 6.07 Å². The smallest absolute Gasteiger partial charge is 0.0610 e. The van der Waals surface area contributed by atoms with Crippen LogP contribution < -0.4 is 0 Å². The van der Waals surface area contributed by atoms with E-state index in [1.165, 1.54) is 11.1 Å². The zero-order chi connectivity index (χ0) is 11.5. The van der Waals surface area contributed by atoms with Gasteiger partial charge in [-0.05, 0) is 38.9 Å². The molecule has 3 heteroatoms. The highest BCUT2D eigenvalue weighted by atomic mass is 16.3. The lowest BCUT2D eigenvalue weighted by molar-refractivity contribution is 0.0733. The van der Waals surface area contributed by atoms with Gasteiger partial charge in [0.1, 0.15) is 0 Å². The van der Waals surface area contributed by atoms with Crippen LogP contribution in [-0.2, 0) is 6.54 Å². The maximum atomic E-state index is 9.24. The zero-order valence-corrected chi connectivity index (χ0v) is 9.99. The maximum absolute atomic E-state index is 9.24. The van der Waals surface area contributed by atoms with Crippen molar-refractivity contribution < 1.29 is 5.11 Å². The van der Waals surface area contributed by atoms with E-state index in [-0.39, 0.29) is 12.1 Å². The number of aryl methyl sites for hydroxylation is 1. The van der Waals surface area contributed by atoms with E-state index in [1.807, 2.05) is 40.2 Å². The average molecular weight is 208 g/mol. The number of aliphatic hydroxyl groups excluding tert-OH is 1. The van der Waals surface area contributed by atoms with Crippen LogP contribution in [0.25, 0.3) is 0 Å². The van der Waals surface area contributed by atoms with E-state index in [4.69, 9.17) is 0 Å². The number of pyridine rings is 1. The topological polar surface area (TPSA) is 36.4 Å². The molecule has 1 aromatic rings. The van der Waals surface area contributed by atoms with Crippen LogP contribution in [0.3, 0.4) is 0 Å². The van der Waals surface area contributed by atoms with Crippen molar-refractivity contribution in [3.8, 4) is 0 Å². The van der Waals surface area contributed by atoms with Crippen LogP contribution in [0.2, 0.25) is 0 Å². The average Bonchev–Trinajstić information content (AvgIpc) is 2.17. The van der Waals surface area contributed by atoms with Crippen LogP contribution in [0.15, 0.2) is 18.5 Å². The van der Waals surface area contributed by atoms with Gasteiger partial charge >= 0.3 is 0 Å². The monoisotopic (exact) mass is 208 g/mol. The summed E-state index contributed by atoms with van der Waals surface area (Å²) in [5.41, 5.74) is 2.16. The van der Waals surface area contributed by atoms with Crippen LogP contribution in [-0.4, -0.2) is 34.2 Å². The van der Waals surface area contributed by atoms with Crippen LogP contribution >= 0.6 is 0 Å². The molecule has 1 rings (SSSR count). The first-order chi connectivity index (χ1) is 6.95. The van der Waals surface area contributed by atoms with Gasteiger partial charge < -0.3 is 5.11 Å². The summed E-state index contributed by atoms with van der Waals surface area (Å²) < 4.78 is 0. The molecule has 1 heterocycles. The van der Waals surface area contributed by atoms with E-state index in [2.05, 4.69) is 16.0 Å². The summed E-state index contributed by atoms with van der Waals surface area (Å²) in [7, 11) is 2.01. The molecule has 0 bridgehead atoms. The molecule has 1 N–H and O–H groups in total. The highest BCUT2D eigenvalue weighted by molar-refractivity contribution is 5.16. The predicted molar refractivity (Wildman–Crippen MR) is 61.6 cm³/mol. The van der Waals surface area contributed by atoms with Gasteiger partial charge in [0.05, 0.1) is 6.61 Å². The first-order valence-electron chi connectivity index (χ1n) is 5.18. The second-order valence-electron chi connectivity index (χ2n) is 4.70. The van der Waals surface area contributed by atoms with Crippen LogP contribution in [0, 0.1) is 6.92 Å². The fourth-order valence-corrected chi connectivity index (χ4v) is 1.31.